The molecule has 9 nitrogen and oxygen atoms in total. The lowest BCUT2D eigenvalue weighted by molar-refractivity contribution is 0.0974. The molecule has 0 aliphatic rings. The Morgan fingerprint density at radius 3 is 2.95 bits per heavy atom. The lowest BCUT2D eigenvalue weighted by Gasteiger charge is -2.02. The van der Waals surface area contributed by atoms with E-state index in [4.69, 9.17) is 16.9 Å². The van der Waals surface area contributed by atoms with Gasteiger partial charge in [0.15, 0.2) is 5.65 Å². The van der Waals surface area contributed by atoms with Crippen molar-refractivity contribution in [3.63, 3.8) is 0 Å². The van der Waals surface area contributed by atoms with E-state index < -0.39 is 5.91 Å². The van der Waals surface area contributed by atoms with Crippen LogP contribution >= 0.6 is 0 Å². The number of fused-ring (bicyclic) bond motifs is 1. The predicted molar refractivity (Wildman–Crippen MR) is 69.2 cm³/mol. The number of hydrogen-bond acceptors (Lipinski definition) is 7. The quantitative estimate of drug-likeness (QED) is 0.361. The molecule has 1 amide bonds. The van der Waals surface area contributed by atoms with Crippen molar-refractivity contribution in [2.75, 3.05) is 5.73 Å². The van der Waals surface area contributed by atoms with Crippen molar-refractivity contribution in [1.29, 1.82) is 5.41 Å². The van der Waals surface area contributed by atoms with E-state index in [2.05, 4.69) is 25.5 Å². The summed E-state index contributed by atoms with van der Waals surface area (Å²) < 4.78 is 0. The van der Waals surface area contributed by atoms with E-state index >= 15 is 0 Å². The van der Waals surface area contributed by atoms with Crippen molar-refractivity contribution in [3.8, 4) is 0 Å². The first kappa shape index (κ1) is 12.5. The number of aromatic nitrogens is 4. The van der Waals surface area contributed by atoms with E-state index in [-0.39, 0.29) is 23.0 Å². The fraction of sp³-hybridized carbons (Fsp3) is 0.100. The van der Waals surface area contributed by atoms with E-state index in [9.17, 15) is 4.79 Å². The van der Waals surface area contributed by atoms with Gasteiger partial charge in [-0.2, -0.15) is 5.10 Å². The molecule has 0 aliphatic carbocycles. The highest BCUT2D eigenvalue weighted by molar-refractivity contribution is 6.14. The minimum atomic E-state index is -0.563. The van der Waals surface area contributed by atoms with Crippen molar-refractivity contribution in [3.05, 3.63) is 23.8 Å². The number of carbonyl (C=O) groups is 1. The van der Waals surface area contributed by atoms with Crippen LogP contribution in [0.15, 0.2) is 18.1 Å². The number of anilines is 1. The average Bonchev–Trinajstić information content (AvgIpc) is 2.72. The number of nitrogens with zero attached hydrogens (tertiary/aromatic N) is 3. The molecule has 0 saturated heterocycles. The molecular formula is C10H12N8O. The summed E-state index contributed by atoms with van der Waals surface area (Å²) >= 11 is 0. The molecule has 7 N–H and O–H groups in total. The molecule has 0 saturated carbocycles. The Labute approximate surface area is 107 Å². The zero-order chi connectivity index (χ0) is 14.0. The lowest BCUT2D eigenvalue weighted by atomic mass is 10.2. The Bertz CT molecular complexity index is 682. The van der Waals surface area contributed by atoms with Gasteiger partial charge in [0.25, 0.3) is 5.91 Å². The van der Waals surface area contributed by atoms with Gasteiger partial charge in [-0.15, -0.1) is 0 Å². The second-order valence-corrected chi connectivity index (χ2v) is 3.81. The van der Waals surface area contributed by atoms with E-state index in [1.54, 1.807) is 6.92 Å². The Kier molecular flexibility index (Phi) is 3.10. The number of nitrogens with two attached hydrogens (primary N) is 2. The summed E-state index contributed by atoms with van der Waals surface area (Å²) in [5.41, 5.74) is 11.9. The molecule has 2 aromatic rings. The second-order valence-electron chi connectivity index (χ2n) is 3.81. The molecular weight excluding hydrogens is 248 g/mol. The van der Waals surface area contributed by atoms with Crippen LogP contribution in [-0.2, 0) is 0 Å². The second kappa shape index (κ2) is 4.72. The molecule has 2 aromatic heterocycles. The summed E-state index contributed by atoms with van der Waals surface area (Å²) in [7, 11) is 0. The third-order valence-electron chi connectivity index (χ3n) is 2.23. The molecule has 0 aliphatic heterocycles. The van der Waals surface area contributed by atoms with Crippen LogP contribution in [0.2, 0.25) is 0 Å². The molecule has 0 fully saturated rings. The van der Waals surface area contributed by atoms with Crippen LogP contribution in [0.5, 0.6) is 0 Å². The van der Waals surface area contributed by atoms with Crippen LogP contribution in [0.1, 0.15) is 17.4 Å². The minimum absolute atomic E-state index is 0.0981. The van der Waals surface area contributed by atoms with Gasteiger partial charge < -0.3 is 16.8 Å². The van der Waals surface area contributed by atoms with Crippen molar-refractivity contribution in [2.45, 2.75) is 6.92 Å². The van der Waals surface area contributed by atoms with Gasteiger partial charge in [0, 0.05) is 5.70 Å². The van der Waals surface area contributed by atoms with Crippen LogP contribution in [0.25, 0.3) is 11.0 Å². The molecule has 2 heterocycles. The van der Waals surface area contributed by atoms with Crippen LogP contribution in [0.4, 0.5) is 5.82 Å². The molecule has 0 radical (unpaired) electrons. The SMILES string of the molecule is C/C(N)=C/C(=N)NC(=O)c1[nH]nc2ncnc(N)c12. The third kappa shape index (κ3) is 2.49. The van der Waals surface area contributed by atoms with Gasteiger partial charge in [-0.05, 0) is 13.0 Å². The summed E-state index contributed by atoms with van der Waals surface area (Å²) in [6, 6.07) is 0. The Hall–Kier alpha value is -2.97. The zero-order valence-electron chi connectivity index (χ0n) is 10.1. The molecule has 2 rings (SSSR count). The maximum atomic E-state index is 12.0. The van der Waals surface area contributed by atoms with E-state index in [1.807, 2.05) is 0 Å². The monoisotopic (exact) mass is 260 g/mol. The summed E-state index contributed by atoms with van der Waals surface area (Å²) in [5.74, 6) is -0.560. The maximum Gasteiger partial charge on any atom is 0.275 e. The first-order valence-electron chi connectivity index (χ1n) is 5.27. The van der Waals surface area contributed by atoms with E-state index in [0.717, 1.165) is 0 Å². The molecule has 0 atom stereocenters. The topological polar surface area (TPSA) is 159 Å². The highest BCUT2D eigenvalue weighted by atomic mass is 16.2. The van der Waals surface area contributed by atoms with Crippen LogP contribution in [-0.4, -0.2) is 31.9 Å². The highest BCUT2D eigenvalue weighted by Gasteiger charge is 2.17. The smallest absolute Gasteiger partial charge is 0.275 e. The van der Waals surface area contributed by atoms with Crippen molar-refractivity contribution < 1.29 is 4.79 Å². The summed E-state index contributed by atoms with van der Waals surface area (Å²) in [4.78, 5) is 19.6. The van der Waals surface area contributed by atoms with Crippen molar-refractivity contribution in [1.82, 2.24) is 25.5 Å². The standard InChI is InChI=1S/C10H12N8O/c1-4(11)2-5(12)16-10(19)7-6-8(13)14-3-15-9(6)18-17-7/h2-3H,11H2,1H3,(H2,12,16,19)(H3,13,14,15,17,18)/b4-2-. The highest BCUT2D eigenvalue weighted by Crippen LogP contribution is 2.18. The Morgan fingerprint density at radius 2 is 2.26 bits per heavy atom. The summed E-state index contributed by atoms with van der Waals surface area (Å²) in [6.45, 7) is 1.61. The van der Waals surface area contributed by atoms with Crippen LogP contribution in [0, 0.1) is 5.41 Å². The van der Waals surface area contributed by atoms with Gasteiger partial charge in [0.2, 0.25) is 0 Å². The van der Waals surface area contributed by atoms with Crippen molar-refractivity contribution >= 4 is 28.6 Å². The number of rotatable bonds is 2. The fourth-order valence-corrected chi connectivity index (χ4v) is 1.49. The molecule has 0 aromatic carbocycles. The number of allylic oxidation sites excluding steroid dienone is 1. The lowest BCUT2D eigenvalue weighted by Crippen LogP contribution is -2.29. The largest absolute Gasteiger partial charge is 0.402 e. The summed E-state index contributed by atoms with van der Waals surface area (Å²) in [6.07, 6.45) is 2.57. The predicted octanol–water partition coefficient (Wildman–Crippen LogP) is -0.495. The molecule has 0 unspecified atom stereocenters. The molecule has 98 valence electrons. The number of aromatic amines is 1. The van der Waals surface area contributed by atoms with Crippen molar-refractivity contribution in [2.24, 2.45) is 5.73 Å². The normalized spacial score (nSPS) is 11.5. The van der Waals surface area contributed by atoms with Gasteiger partial charge in [-0.25, -0.2) is 9.97 Å². The number of amidine groups is 1. The first-order chi connectivity index (χ1) is 8.99. The number of nitrogen functional groups attached to an aromatic ring is 1. The number of carbonyl (C=O) groups excluding carboxylic acids is 1. The van der Waals surface area contributed by atoms with Gasteiger partial charge in [0.05, 0.1) is 5.39 Å². The minimum Gasteiger partial charge on any atom is -0.402 e. The Balaban J connectivity index is 2.33. The van der Waals surface area contributed by atoms with Gasteiger partial charge in [-0.3, -0.25) is 15.3 Å². The van der Waals surface area contributed by atoms with Crippen LogP contribution < -0.4 is 16.8 Å². The van der Waals surface area contributed by atoms with Gasteiger partial charge >= 0.3 is 0 Å². The zero-order valence-corrected chi connectivity index (χ0v) is 10.1. The fourth-order valence-electron chi connectivity index (χ4n) is 1.49. The number of amides is 1. The first-order valence-corrected chi connectivity index (χ1v) is 5.27. The number of hydrogen-bond donors (Lipinski definition) is 5. The van der Waals surface area contributed by atoms with E-state index in [0.29, 0.717) is 11.1 Å². The molecule has 19 heavy (non-hydrogen) atoms. The van der Waals surface area contributed by atoms with Gasteiger partial charge in [0.1, 0.15) is 23.7 Å². The maximum absolute atomic E-state index is 12.0. The number of H-pyrrole nitrogens is 1. The Morgan fingerprint density at radius 1 is 1.53 bits per heavy atom. The molecule has 0 spiro atoms. The average molecular weight is 260 g/mol. The van der Waals surface area contributed by atoms with E-state index in [1.165, 1.54) is 12.4 Å². The molecule has 0 bridgehead atoms. The molecule has 9 heteroatoms. The number of nitrogens with one attached hydrogen (secondary N) is 3. The van der Waals surface area contributed by atoms with Crippen LogP contribution in [0.3, 0.4) is 0 Å². The third-order valence-corrected chi connectivity index (χ3v) is 2.23. The van der Waals surface area contributed by atoms with Gasteiger partial charge in [-0.1, -0.05) is 0 Å². The summed E-state index contributed by atoms with van der Waals surface area (Å²) in [5, 5.41) is 16.5.